The van der Waals surface area contributed by atoms with Crippen molar-refractivity contribution in [3.8, 4) is 11.8 Å². The number of H-pyrrole nitrogens is 1. The molecule has 3 rings (SSSR count). The lowest BCUT2D eigenvalue weighted by Gasteiger charge is -1.99. The zero-order valence-electron chi connectivity index (χ0n) is 12.5. The number of aromatic nitrogens is 1. The molecule has 0 aliphatic rings. The molecule has 0 aliphatic carbocycles. The molecule has 0 fully saturated rings. The van der Waals surface area contributed by atoms with Gasteiger partial charge in [-0.15, -0.1) is 0 Å². The smallest absolute Gasteiger partial charge is 0.221 e. The van der Waals surface area contributed by atoms with Crippen molar-refractivity contribution < 1.29 is 4.79 Å². The number of aromatic amines is 1. The lowest BCUT2D eigenvalue weighted by atomic mass is 10.1. The van der Waals surface area contributed by atoms with E-state index in [-0.39, 0.29) is 5.91 Å². The molecular formula is C19H16N2O. The fourth-order valence-electron chi connectivity index (χ4n) is 2.27. The van der Waals surface area contributed by atoms with Crippen LogP contribution in [0.3, 0.4) is 0 Å². The Bertz CT molecular complexity index is 893. The van der Waals surface area contributed by atoms with Crippen LogP contribution in [0, 0.1) is 18.8 Å². The Morgan fingerprint density at radius 1 is 1.05 bits per heavy atom. The third-order valence-electron chi connectivity index (χ3n) is 3.40. The third kappa shape index (κ3) is 3.02. The Labute approximate surface area is 129 Å². The maximum atomic E-state index is 11.2. The van der Waals surface area contributed by atoms with E-state index >= 15 is 0 Å². The molecule has 1 aromatic heterocycles. The number of hydrogen-bond acceptors (Lipinski definition) is 1. The van der Waals surface area contributed by atoms with Crippen molar-refractivity contribution in [2.45, 2.75) is 13.8 Å². The van der Waals surface area contributed by atoms with Gasteiger partial charge in [-0.2, -0.15) is 0 Å². The van der Waals surface area contributed by atoms with Gasteiger partial charge in [0.2, 0.25) is 5.91 Å². The van der Waals surface area contributed by atoms with Crippen molar-refractivity contribution >= 4 is 22.5 Å². The van der Waals surface area contributed by atoms with E-state index in [4.69, 9.17) is 0 Å². The van der Waals surface area contributed by atoms with Crippen molar-refractivity contribution in [1.82, 2.24) is 4.98 Å². The minimum Gasteiger partial charge on any atom is -0.359 e. The van der Waals surface area contributed by atoms with Gasteiger partial charge in [0.1, 0.15) is 0 Å². The van der Waals surface area contributed by atoms with Gasteiger partial charge in [-0.05, 0) is 37.3 Å². The van der Waals surface area contributed by atoms with Gasteiger partial charge in [-0.1, -0.05) is 29.5 Å². The molecule has 22 heavy (non-hydrogen) atoms. The lowest BCUT2D eigenvalue weighted by Crippen LogP contribution is -2.04. The SMILES string of the molecule is CC(=O)Nc1c[nH]c2ccc(C#Cc3ccc(C)cc3)cc12. The predicted molar refractivity (Wildman–Crippen MR) is 89.8 cm³/mol. The maximum Gasteiger partial charge on any atom is 0.221 e. The molecule has 0 saturated carbocycles. The Morgan fingerprint density at radius 3 is 2.45 bits per heavy atom. The largest absolute Gasteiger partial charge is 0.359 e. The third-order valence-corrected chi connectivity index (χ3v) is 3.40. The number of anilines is 1. The van der Waals surface area contributed by atoms with Crippen molar-refractivity contribution in [3.05, 3.63) is 65.4 Å². The lowest BCUT2D eigenvalue weighted by molar-refractivity contribution is -0.114. The molecule has 1 amide bonds. The van der Waals surface area contributed by atoms with Crippen molar-refractivity contribution in [3.63, 3.8) is 0 Å². The number of fused-ring (bicyclic) bond motifs is 1. The van der Waals surface area contributed by atoms with E-state index in [1.807, 2.05) is 42.5 Å². The van der Waals surface area contributed by atoms with E-state index in [9.17, 15) is 4.79 Å². The first-order valence-corrected chi connectivity index (χ1v) is 7.09. The highest BCUT2D eigenvalue weighted by Gasteiger charge is 2.05. The summed E-state index contributed by atoms with van der Waals surface area (Å²) in [5.41, 5.74) is 4.88. The minimum atomic E-state index is -0.0861. The molecule has 108 valence electrons. The van der Waals surface area contributed by atoms with Gasteiger partial charge in [-0.3, -0.25) is 4.79 Å². The van der Waals surface area contributed by atoms with E-state index in [1.54, 1.807) is 6.20 Å². The Balaban J connectivity index is 1.95. The van der Waals surface area contributed by atoms with Gasteiger partial charge in [0, 0.05) is 35.2 Å². The summed E-state index contributed by atoms with van der Waals surface area (Å²) in [6.07, 6.45) is 1.79. The van der Waals surface area contributed by atoms with Crippen LogP contribution in [-0.4, -0.2) is 10.9 Å². The van der Waals surface area contributed by atoms with E-state index in [0.717, 1.165) is 27.7 Å². The van der Waals surface area contributed by atoms with Gasteiger partial charge in [0.15, 0.2) is 0 Å². The van der Waals surface area contributed by atoms with Crippen LogP contribution in [-0.2, 0) is 4.79 Å². The molecule has 1 heterocycles. The number of rotatable bonds is 1. The molecule has 0 spiro atoms. The predicted octanol–water partition coefficient (Wildman–Crippen LogP) is 3.83. The maximum absolute atomic E-state index is 11.2. The fraction of sp³-hybridized carbons (Fsp3) is 0.105. The number of nitrogens with one attached hydrogen (secondary N) is 2. The summed E-state index contributed by atoms with van der Waals surface area (Å²) in [4.78, 5) is 14.4. The highest BCUT2D eigenvalue weighted by atomic mass is 16.1. The van der Waals surface area contributed by atoms with Gasteiger partial charge in [-0.25, -0.2) is 0 Å². The first-order valence-electron chi connectivity index (χ1n) is 7.09. The number of carbonyl (C=O) groups excluding carboxylic acids is 1. The highest BCUT2D eigenvalue weighted by molar-refractivity contribution is 6.01. The molecule has 0 atom stereocenters. The molecular weight excluding hydrogens is 272 g/mol. The minimum absolute atomic E-state index is 0.0861. The van der Waals surface area contributed by atoms with Crippen LogP contribution in [0.1, 0.15) is 23.6 Å². The molecule has 0 unspecified atom stereocenters. The van der Waals surface area contributed by atoms with Crippen LogP contribution in [0.5, 0.6) is 0 Å². The fourth-order valence-corrected chi connectivity index (χ4v) is 2.27. The molecule has 3 heteroatoms. The van der Waals surface area contributed by atoms with Crippen molar-refractivity contribution in [1.29, 1.82) is 0 Å². The number of amides is 1. The standard InChI is InChI=1S/C19H16N2O/c1-13-3-5-15(6-4-13)7-8-16-9-10-18-17(11-16)19(12-20-18)21-14(2)22/h3-6,9-12,20H,1-2H3,(H,21,22). The molecule has 2 N–H and O–H groups in total. The van der Waals surface area contributed by atoms with E-state index in [0.29, 0.717) is 0 Å². The summed E-state index contributed by atoms with van der Waals surface area (Å²) >= 11 is 0. The van der Waals surface area contributed by atoms with Crippen LogP contribution in [0.2, 0.25) is 0 Å². The normalized spacial score (nSPS) is 10.1. The zero-order chi connectivity index (χ0) is 15.5. The molecule has 0 bridgehead atoms. The van der Waals surface area contributed by atoms with Crippen LogP contribution >= 0.6 is 0 Å². The van der Waals surface area contributed by atoms with Gasteiger partial charge < -0.3 is 10.3 Å². The topological polar surface area (TPSA) is 44.9 Å². The summed E-state index contributed by atoms with van der Waals surface area (Å²) in [7, 11) is 0. The summed E-state index contributed by atoms with van der Waals surface area (Å²) in [6, 6.07) is 14.1. The highest BCUT2D eigenvalue weighted by Crippen LogP contribution is 2.24. The monoisotopic (exact) mass is 288 g/mol. The van der Waals surface area contributed by atoms with Crippen LogP contribution in [0.15, 0.2) is 48.7 Å². The average molecular weight is 288 g/mol. The van der Waals surface area contributed by atoms with E-state index in [1.165, 1.54) is 12.5 Å². The second-order valence-electron chi connectivity index (χ2n) is 5.26. The van der Waals surface area contributed by atoms with Gasteiger partial charge in [0.25, 0.3) is 0 Å². The van der Waals surface area contributed by atoms with Crippen LogP contribution < -0.4 is 5.32 Å². The van der Waals surface area contributed by atoms with E-state index in [2.05, 4.69) is 29.1 Å². The Kier molecular flexibility index (Phi) is 3.67. The quantitative estimate of drug-likeness (QED) is 0.657. The molecule has 0 aliphatic heterocycles. The first kappa shape index (κ1) is 14.0. The second-order valence-corrected chi connectivity index (χ2v) is 5.26. The molecule has 3 aromatic rings. The van der Waals surface area contributed by atoms with Gasteiger partial charge >= 0.3 is 0 Å². The molecule has 0 radical (unpaired) electrons. The van der Waals surface area contributed by atoms with Crippen LogP contribution in [0.25, 0.3) is 10.9 Å². The first-order chi connectivity index (χ1) is 10.6. The molecule has 2 aromatic carbocycles. The summed E-state index contributed by atoms with van der Waals surface area (Å²) in [6.45, 7) is 3.56. The zero-order valence-corrected chi connectivity index (χ0v) is 12.5. The Morgan fingerprint density at radius 2 is 1.73 bits per heavy atom. The second kappa shape index (κ2) is 5.79. The Hall–Kier alpha value is -2.99. The molecule has 0 saturated heterocycles. The molecule has 3 nitrogen and oxygen atoms in total. The number of carbonyl (C=O) groups is 1. The summed E-state index contributed by atoms with van der Waals surface area (Å²) in [5.74, 6) is 6.24. The number of hydrogen-bond donors (Lipinski definition) is 2. The van der Waals surface area contributed by atoms with Gasteiger partial charge in [0.05, 0.1) is 5.69 Å². The van der Waals surface area contributed by atoms with Crippen LogP contribution in [0.4, 0.5) is 5.69 Å². The average Bonchev–Trinajstić information content (AvgIpc) is 2.88. The van der Waals surface area contributed by atoms with Crippen molar-refractivity contribution in [2.75, 3.05) is 5.32 Å². The summed E-state index contributed by atoms with van der Waals surface area (Å²) < 4.78 is 0. The summed E-state index contributed by atoms with van der Waals surface area (Å²) in [5, 5.41) is 3.78. The van der Waals surface area contributed by atoms with E-state index < -0.39 is 0 Å². The number of benzene rings is 2. The van der Waals surface area contributed by atoms with Crippen molar-refractivity contribution in [2.24, 2.45) is 0 Å². The number of aryl methyl sites for hydroxylation is 1.